The van der Waals surface area contributed by atoms with Gasteiger partial charge in [0, 0.05) is 36.6 Å². The maximum absolute atomic E-state index is 12.5. The highest BCUT2D eigenvalue weighted by molar-refractivity contribution is 7.90. The summed E-state index contributed by atoms with van der Waals surface area (Å²) in [6.07, 6.45) is 2.39. The van der Waals surface area contributed by atoms with Crippen molar-refractivity contribution < 1.29 is 22.7 Å². The van der Waals surface area contributed by atoms with Crippen molar-refractivity contribution in [3.05, 3.63) is 52.0 Å². The van der Waals surface area contributed by atoms with Gasteiger partial charge in [-0.15, -0.1) is 0 Å². The summed E-state index contributed by atoms with van der Waals surface area (Å²) in [7, 11) is -3.36. The summed E-state index contributed by atoms with van der Waals surface area (Å²) in [5, 5.41) is 5.72. The van der Waals surface area contributed by atoms with Gasteiger partial charge in [0.1, 0.15) is 0 Å². The van der Waals surface area contributed by atoms with E-state index in [-0.39, 0.29) is 38.0 Å². The number of carbonyl (C=O) groups excluding carboxylic acids is 2. The molecule has 2 aromatic carbocycles. The molecule has 3 rings (SSSR count). The number of hydrogen-bond donors (Lipinski definition) is 2. The number of nitrogens with one attached hydrogen (secondary N) is 2. The van der Waals surface area contributed by atoms with Crippen LogP contribution in [0.15, 0.2) is 41.3 Å². The highest BCUT2D eigenvalue weighted by Crippen LogP contribution is 2.34. The molecule has 160 valence electrons. The predicted octanol–water partition coefficient (Wildman–Crippen LogP) is 4.01. The average Bonchev–Trinajstić information content (AvgIpc) is 2.70. The summed E-state index contributed by atoms with van der Waals surface area (Å²) in [5.74, 6) is -0.767. The molecule has 0 aromatic heterocycles. The second kappa shape index (κ2) is 9.34. The number of anilines is 2. The van der Waals surface area contributed by atoms with E-state index >= 15 is 0 Å². The quantitative estimate of drug-likeness (QED) is 0.686. The first-order valence-electron chi connectivity index (χ1n) is 9.14. The standard InChI is InChI=1S/C20H20Cl2N2O5S/c1-30(27,28)15-4-2-12(3-5-15)20(26)24-18-16(21)10-14(11-17(18)22)23-19(25)13-6-8-29-9-7-13/h2-5,10-11,13H,6-9H2,1H3,(H,23,25)(H,24,26). The smallest absolute Gasteiger partial charge is 0.255 e. The van der Waals surface area contributed by atoms with Crippen LogP contribution in [-0.2, 0) is 19.4 Å². The fourth-order valence-electron chi connectivity index (χ4n) is 3.01. The lowest BCUT2D eigenvalue weighted by molar-refractivity contribution is -0.122. The Morgan fingerprint density at radius 1 is 1.00 bits per heavy atom. The number of sulfone groups is 1. The molecule has 1 saturated heterocycles. The maximum Gasteiger partial charge on any atom is 0.255 e. The van der Waals surface area contributed by atoms with Crippen LogP contribution in [-0.4, -0.2) is 39.7 Å². The monoisotopic (exact) mass is 470 g/mol. The van der Waals surface area contributed by atoms with Gasteiger partial charge in [-0.3, -0.25) is 9.59 Å². The number of benzene rings is 2. The van der Waals surface area contributed by atoms with Gasteiger partial charge in [-0.25, -0.2) is 8.42 Å². The fourth-order valence-corrected chi connectivity index (χ4v) is 4.22. The van der Waals surface area contributed by atoms with E-state index in [4.69, 9.17) is 27.9 Å². The number of amides is 2. The van der Waals surface area contributed by atoms with Gasteiger partial charge in [-0.1, -0.05) is 23.2 Å². The van der Waals surface area contributed by atoms with Crippen LogP contribution in [0.1, 0.15) is 23.2 Å². The summed E-state index contributed by atoms with van der Waals surface area (Å²) in [4.78, 5) is 25.0. The molecule has 1 fully saturated rings. The first kappa shape index (κ1) is 22.6. The van der Waals surface area contributed by atoms with Gasteiger partial charge in [0.2, 0.25) is 5.91 Å². The van der Waals surface area contributed by atoms with E-state index in [0.717, 1.165) is 6.26 Å². The van der Waals surface area contributed by atoms with Gasteiger partial charge in [-0.2, -0.15) is 0 Å². The van der Waals surface area contributed by atoms with Crippen molar-refractivity contribution in [3.8, 4) is 0 Å². The number of ether oxygens (including phenoxy) is 1. The zero-order valence-electron chi connectivity index (χ0n) is 16.1. The summed E-state index contributed by atoms with van der Waals surface area (Å²) >= 11 is 12.5. The molecule has 0 atom stereocenters. The SMILES string of the molecule is CS(=O)(=O)c1ccc(C(=O)Nc2c(Cl)cc(NC(=O)C3CCOCC3)cc2Cl)cc1. The topological polar surface area (TPSA) is 102 Å². The molecule has 30 heavy (non-hydrogen) atoms. The van der Waals surface area contributed by atoms with Crippen LogP contribution in [0.25, 0.3) is 0 Å². The predicted molar refractivity (Wildman–Crippen MR) is 116 cm³/mol. The van der Waals surface area contributed by atoms with Crippen molar-refractivity contribution in [2.75, 3.05) is 30.1 Å². The molecule has 10 heteroatoms. The Hall–Kier alpha value is -2.13. The Labute approximate surface area is 184 Å². The zero-order valence-corrected chi connectivity index (χ0v) is 18.4. The Balaban J connectivity index is 1.72. The molecule has 0 bridgehead atoms. The second-order valence-electron chi connectivity index (χ2n) is 6.94. The molecule has 0 saturated carbocycles. The average molecular weight is 471 g/mol. The lowest BCUT2D eigenvalue weighted by Crippen LogP contribution is -2.28. The highest BCUT2D eigenvalue weighted by atomic mass is 35.5. The van der Waals surface area contributed by atoms with Crippen LogP contribution >= 0.6 is 23.2 Å². The highest BCUT2D eigenvalue weighted by Gasteiger charge is 2.22. The van der Waals surface area contributed by atoms with Crippen molar-refractivity contribution in [1.82, 2.24) is 0 Å². The maximum atomic E-state index is 12.5. The van der Waals surface area contributed by atoms with Crippen LogP contribution in [0.4, 0.5) is 11.4 Å². The number of carbonyl (C=O) groups is 2. The first-order valence-corrected chi connectivity index (χ1v) is 11.8. The number of hydrogen-bond acceptors (Lipinski definition) is 5. The summed E-state index contributed by atoms with van der Waals surface area (Å²) < 4.78 is 28.3. The van der Waals surface area contributed by atoms with E-state index in [9.17, 15) is 18.0 Å². The van der Waals surface area contributed by atoms with Crippen LogP contribution < -0.4 is 10.6 Å². The molecular formula is C20H20Cl2N2O5S. The lowest BCUT2D eigenvalue weighted by Gasteiger charge is -2.21. The Morgan fingerprint density at radius 3 is 2.10 bits per heavy atom. The second-order valence-corrected chi connectivity index (χ2v) is 9.77. The third-order valence-corrected chi connectivity index (χ3v) is 6.41. The van der Waals surface area contributed by atoms with Crippen molar-refractivity contribution in [1.29, 1.82) is 0 Å². The molecule has 2 amide bonds. The molecule has 1 aliphatic rings. The molecule has 0 spiro atoms. The molecule has 1 aliphatic heterocycles. The van der Waals surface area contributed by atoms with Gasteiger partial charge >= 0.3 is 0 Å². The van der Waals surface area contributed by atoms with Crippen LogP contribution in [0.2, 0.25) is 10.0 Å². The van der Waals surface area contributed by atoms with E-state index in [1.54, 1.807) is 0 Å². The van der Waals surface area contributed by atoms with Crippen molar-refractivity contribution in [2.24, 2.45) is 5.92 Å². The molecule has 0 aliphatic carbocycles. The van der Waals surface area contributed by atoms with Gasteiger partial charge in [0.05, 0.1) is 20.6 Å². The third-order valence-electron chi connectivity index (χ3n) is 4.68. The van der Waals surface area contributed by atoms with Crippen LogP contribution in [0.3, 0.4) is 0 Å². The van der Waals surface area contributed by atoms with Crippen LogP contribution in [0.5, 0.6) is 0 Å². The zero-order chi connectivity index (χ0) is 21.9. The Morgan fingerprint density at radius 2 is 1.57 bits per heavy atom. The van der Waals surface area contributed by atoms with E-state index in [1.165, 1.54) is 36.4 Å². The summed E-state index contributed by atoms with van der Waals surface area (Å²) in [6.45, 7) is 1.10. The van der Waals surface area contributed by atoms with E-state index in [2.05, 4.69) is 10.6 Å². The molecule has 0 radical (unpaired) electrons. The van der Waals surface area contributed by atoms with Crippen molar-refractivity contribution in [3.63, 3.8) is 0 Å². The van der Waals surface area contributed by atoms with Gasteiger partial charge in [-0.05, 0) is 49.2 Å². The van der Waals surface area contributed by atoms with E-state index in [1.807, 2.05) is 0 Å². The van der Waals surface area contributed by atoms with Gasteiger partial charge in [0.25, 0.3) is 5.91 Å². The molecular weight excluding hydrogens is 451 g/mol. The molecule has 2 aromatic rings. The number of rotatable bonds is 5. The van der Waals surface area contributed by atoms with Gasteiger partial charge in [0.15, 0.2) is 9.84 Å². The minimum Gasteiger partial charge on any atom is -0.381 e. The first-order chi connectivity index (χ1) is 14.1. The van der Waals surface area contributed by atoms with Crippen LogP contribution in [0, 0.1) is 5.92 Å². The molecule has 7 nitrogen and oxygen atoms in total. The molecule has 2 N–H and O–H groups in total. The summed E-state index contributed by atoms with van der Waals surface area (Å²) in [5.41, 5.74) is 0.864. The minimum atomic E-state index is -3.36. The minimum absolute atomic E-state index is 0.111. The normalized spacial score (nSPS) is 14.9. The van der Waals surface area contributed by atoms with Crippen molar-refractivity contribution in [2.45, 2.75) is 17.7 Å². The fraction of sp³-hybridized carbons (Fsp3) is 0.300. The summed E-state index contributed by atoms with van der Waals surface area (Å²) in [6, 6.07) is 8.51. The molecule has 0 unspecified atom stereocenters. The Kier molecular flexibility index (Phi) is 7.02. The third kappa shape index (κ3) is 5.51. The van der Waals surface area contributed by atoms with E-state index < -0.39 is 15.7 Å². The lowest BCUT2D eigenvalue weighted by atomic mass is 9.99. The van der Waals surface area contributed by atoms with E-state index in [0.29, 0.717) is 31.7 Å². The number of halogens is 2. The van der Waals surface area contributed by atoms with Crippen molar-refractivity contribution >= 4 is 56.2 Å². The Bertz CT molecular complexity index is 1040. The largest absolute Gasteiger partial charge is 0.381 e. The molecule has 1 heterocycles. The van der Waals surface area contributed by atoms with Gasteiger partial charge < -0.3 is 15.4 Å².